The van der Waals surface area contributed by atoms with Crippen LogP contribution < -0.4 is 10.1 Å². The average molecular weight is 531 g/mol. The smallest absolute Gasteiger partial charge is 0.401 e. The summed E-state index contributed by atoms with van der Waals surface area (Å²) in [4.78, 5) is 9.74. The molecule has 3 aromatic rings. The van der Waals surface area contributed by atoms with E-state index in [2.05, 4.69) is 15.3 Å². The van der Waals surface area contributed by atoms with Gasteiger partial charge in [0.15, 0.2) is 5.75 Å². The van der Waals surface area contributed by atoms with E-state index in [0.29, 0.717) is 42.2 Å². The first-order chi connectivity index (χ1) is 18.3. The molecule has 0 radical (unpaired) electrons. The van der Waals surface area contributed by atoms with Crippen LogP contribution in [0.15, 0.2) is 42.9 Å². The van der Waals surface area contributed by atoms with Crippen LogP contribution in [0, 0.1) is 0 Å². The monoisotopic (exact) mass is 530 g/mol. The van der Waals surface area contributed by atoms with Gasteiger partial charge in [0.25, 0.3) is 0 Å². The van der Waals surface area contributed by atoms with Gasteiger partial charge in [0.1, 0.15) is 17.3 Å². The molecule has 9 nitrogen and oxygen atoms in total. The summed E-state index contributed by atoms with van der Waals surface area (Å²) in [5.74, 6) is 2.11. The van der Waals surface area contributed by atoms with Gasteiger partial charge in [-0.2, -0.15) is 18.3 Å². The summed E-state index contributed by atoms with van der Waals surface area (Å²) in [7, 11) is 0. The SMILES string of the molecule is OC1CN(CC(F)(F)F)C1c1cc(Nc2cc(Oc3cn(C4CC4)nc3C3CCOCC3)ccn2)ccn1. The molecule has 0 amide bonds. The first kappa shape index (κ1) is 25.1. The van der Waals surface area contributed by atoms with Gasteiger partial charge in [-0.1, -0.05) is 0 Å². The lowest BCUT2D eigenvalue weighted by Crippen LogP contribution is -2.56. The van der Waals surface area contributed by atoms with E-state index in [4.69, 9.17) is 14.6 Å². The number of hydrogen-bond donors (Lipinski definition) is 2. The number of alkyl halides is 3. The normalized spacial score (nSPS) is 22.7. The molecule has 2 aliphatic heterocycles. The van der Waals surface area contributed by atoms with Gasteiger partial charge in [-0.3, -0.25) is 14.6 Å². The van der Waals surface area contributed by atoms with Crippen molar-refractivity contribution >= 4 is 11.5 Å². The lowest BCUT2D eigenvalue weighted by atomic mass is 9.95. The summed E-state index contributed by atoms with van der Waals surface area (Å²) in [5, 5.41) is 18.2. The Bertz CT molecular complexity index is 1280. The van der Waals surface area contributed by atoms with E-state index in [0.717, 1.165) is 37.1 Å². The highest BCUT2D eigenvalue weighted by Crippen LogP contribution is 2.41. The molecule has 2 N–H and O–H groups in total. The number of aliphatic hydroxyl groups excluding tert-OH is 1. The number of halogens is 3. The fourth-order valence-corrected chi connectivity index (χ4v) is 5.09. The van der Waals surface area contributed by atoms with Crippen LogP contribution in [0.1, 0.15) is 55.1 Å². The number of nitrogens with one attached hydrogen (secondary N) is 1. The van der Waals surface area contributed by atoms with Gasteiger partial charge in [0.2, 0.25) is 0 Å². The molecule has 12 heteroatoms. The van der Waals surface area contributed by atoms with Crippen LogP contribution in [-0.2, 0) is 4.74 Å². The Hall–Kier alpha value is -3.22. The van der Waals surface area contributed by atoms with Gasteiger partial charge >= 0.3 is 6.18 Å². The number of rotatable bonds is 8. The minimum Gasteiger partial charge on any atom is -0.454 e. The maximum atomic E-state index is 12.9. The topological polar surface area (TPSA) is 97.6 Å². The third-order valence-electron chi connectivity index (χ3n) is 7.13. The van der Waals surface area contributed by atoms with Gasteiger partial charge in [0, 0.05) is 49.8 Å². The predicted molar refractivity (Wildman–Crippen MR) is 131 cm³/mol. The molecular formula is C26H29F3N6O3. The van der Waals surface area contributed by atoms with Crippen LogP contribution in [0.3, 0.4) is 0 Å². The van der Waals surface area contributed by atoms with Crippen molar-refractivity contribution in [2.45, 2.75) is 56.0 Å². The summed E-state index contributed by atoms with van der Waals surface area (Å²) in [5.41, 5.74) is 1.90. The van der Waals surface area contributed by atoms with Crippen LogP contribution in [0.4, 0.5) is 24.7 Å². The van der Waals surface area contributed by atoms with Crippen molar-refractivity contribution in [1.29, 1.82) is 0 Å². The number of aromatic nitrogens is 4. The molecule has 2 atom stereocenters. The molecule has 0 bridgehead atoms. The van der Waals surface area contributed by atoms with E-state index in [1.54, 1.807) is 30.5 Å². The minimum absolute atomic E-state index is 0.0440. The second-order valence-corrected chi connectivity index (χ2v) is 10.1. The number of pyridine rings is 2. The molecule has 0 spiro atoms. The summed E-state index contributed by atoms with van der Waals surface area (Å²) in [6.45, 7) is 0.285. The molecule has 0 aromatic carbocycles. The van der Waals surface area contributed by atoms with Crippen LogP contribution >= 0.6 is 0 Å². The van der Waals surface area contributed by atoms with Gasteiger partial charge < -0.3 is 19.9 Å². The molecule has 2 unspecified atom stereocenters. The summed E-state index contributed by atoms with van der Waals surface area (Å²) in [6, 6.07) is 6.48. The van der Waals surface area contributed by atoms with Crippen molar-refractivity contribution in [3.8, 4) is 11.5 Å². The lowest BCUT2D eigenvalue weighted by molar-refractivity contribution is -0.182. The highest BCUT2D eigenvalue weighted by Gasteiger charge is 2.45. The number of ether oxygens (including phenoxy) is 2. The largest absolute Gasteiger partial charge is 0.454 e. The zero-order valence-corrected chi connectivity index (χ0v) is 20.6. The zero-order chi connectivity index (χ0) is 26.3. The molecular weight excluding hydrogens is 501 g/mol. The Kier molecular flexibility index (Phi) is 6.70. The second kappa shape index (κ2) is 10.2. The Balaban J connectivity index is 1.18. The number of nitrogens with zero attached hydrogens (tertiary/aromatic N) is 5. The highest BCUT2D eigenvalue weighted by molar-refractivity contribution is 5.58. The van der Waals surface area contributed by atoms with Crippen molar-refractivity contribution in [1.82, 2.24) is 24.6 Å². The summed E-state index contributed by atoms with van der Waals surface area (Å²) >= 11 is 0. The first-order valence-electron chi connectivity index (χ1n) is 12.8. The van der Waals surface area contributed by atoms with Gasteiger partial charge in [-0.25, -0.2) is 4.98 Å². The van der Waals surface area contributed by atoms with Crippen molar-refractivity contribution in [2.75, 3.05) is 31.6 Å². The molecule has 3 fully saturated rings. The number of anilines is 2. The van der Waals surface area contributed by atoms with E-state index in [-0.39, 0.29) is 12.5 Å². The van der Waals surface area contributed by atoms with E-state index >= 15 is 0 Å². The summed E-state index contributed by atoms with van der Waals surface area (Å²) < 4.78 is 52.5. The Labute approximate surface area is 217 Å². The molecule has 202 valence electrons. The quantitative estimate of drug-likeness (QED) is 0.432. The van der Waals surface area contributed by atoms with Gasteiger partial charge in [-0.15, -0.1) is 0 Å². The molecule has 5 heterocycles. The van der Waals surface area contributed by atoms with E-state index in [9.17, 15) is 18.3 Å². The molecule has 6 rings (SSSR count). The molecule has 3 aliphatic rings. The van der Waals surface area contributed by atoms with Crippen molar-refractivity contribution in [3.05, 3.63) is 54.2 Å². The molecule has 38 heavy (non-hydrogen) atoms. The molecule has 1 aliphatic carbocycles. The second-order valence-electron chi connectivity index (χ2n) is 10.1. The Morgan fingerprint density at radius 2 is 1.87 bits per heavy atom. The summed E-state index contributed by atoms with van der Waals surface area (Å²) in [6.07, 6.45) is 3.90. The third-order valence-corrected chi connectivity index (χ3v) is 7.13. The average Bonchev–Trinajstić information content (AvgIpc) is 3.64. The molecule has 2 saturated heterocycles. The highest BCUT2D eigenvalue weighted by atomic mass is 19.4. The van der Waals surface area contributed by atoms with Gasteiger partial charge in [-0.05, 0) is 43.9 Å². The maximum Gasteiger partial charge on any atom is 0.401 e. The maximum absolute atomic E-state index is 12.9. The lowest BCUT2D eigenvalue weighted by Gasteiger charge is -2.45. The predicted octanol–water partition coefficient (Wildman–Crippen LogP) is 4.72. The van der Waals surface area contributed by atoms with Crippen molar-refractivity contribution in [2.24, 2.45) is 0 Å². The van der Waals surface area contributed by atoms with Crippen LogP contribution in [-0.4, -0.2) is 68.3 Å². The zero-order valence-electron chi connectivity index (χ0n) is 20.6. The minimum atomic E-state index is -4.35. The third kappa shape index (κ3) is 5.62. The van der Waals surface area contributed by atoms with E-state index < -0.39 is 24.9 Å². The van der Waals surface area contributed by atoms with Crippen LogP contribution in [0.5, 0.6) is 11.5 Å². The number of hydrogen-bond acceptors (Lipinski definition) is 8. The van der Waals surface area contributed by atoms with Crippen molar-refractivity contribution in [3.63, 3.8) is 0 Å². The number of aliphatic hydroxyl groups is 1. The Morgan fingerprint density at radius 1 is 1.08 bits per heavy atom. The molecule has 3 aromatic heterocycles. The van der Waals surface area contributed by atoms with Crippen LogP contribution in [0.2, 0.25) is 0 Å². The van der Waals surface area contributed by atoms with Gasteiger partial charge in [0.05, 0.1) is 36.6 Å². The fraction of sp³-hybridized carbons (Fsp3) is 0.500. The molecule has 1 saturated carbocycles. The first-order valence-corrected chi connectivity index (χ1v) is 12.8. The fourth-order valence-electron chi connectivity index (χ4n) is 5.09. The van der Waals surface area contributed by atoms with E-state index in [1.807, 2.05) is 10.9 Å². The number of likely N-dealkylation sites (tertiary alicyclic amines) is 1. The number of β-amino-alcohol motifs (C(OH)–C–C–N with tert-alkyl or cyclic N) is 1. The standard InChI is InChI=1S/C26H29F3N6O3/c27-26(28,29)15-34-13-21(36)25(34)20-11-17(3-7-30-20)32-23-12-19(4-8-31-23)38-22-14-35(18-1-2-18)33-24(22)16-5-9-37-10-6-16/h3-4,7-8,11-12,14,16,18,21,25,36H,1-2,5-6,9-10,13,15H2,(H,30,31,32). The Morgan fingerprint density at radius 3 is 2.61 bits per heavy atom. The van der Waals surface area contributed by atoms with Crippen LogP contribution in [0.25, 0.3) is 0 Å². The van der Waals surface area contributed by atoms with E-state index in [1.165, 1.54) is 11.1 Å². The van der Waals surface area contributed by atoms with Crippen molar-refractivity contribution < 1.29 is 27.8 Å².